The lowest BCUT2D eigenvalue weighted by Crippen LogP contribution is -2.23. The van der Waals surface area contributed by atoms with Crippen molar-refractivity contribution in [3.63, 3.8) is 0 Å². The van der Waals surface area contributed by atoms with Crippen LogP contribution in [-0.2, 0) is 12.8 Å². The first-order valence-corrected chi connectivity index (χ1v) is 7.07. The van der Waals surface area contributed by atoms with E-state index in [0.29, 0.717) is 11.5 Å². The maximum Gasteiger partial charge on any atom is 0.0933 e. The fourth-order valence-electron chi connectivity index (χ4n) is 2.16. The van der Waals surface area contributed by atoms with Gasteiger partial charge in [-0.05, 0) is 24.8 Å². The summed E-state index contributed by atoms with van der Waals surface area (Å²) in [5.41, 5.74) is 1.63. The van der Waals surface area contributed by atoms with Crippen LogP contribution < -0.4 is 5.32 Å². The zero-order chi connectivity index (χ0) is 11.6. The smallest absolute Gasteiger partial charge is 0.0933 e. The first kappa shape index (κ1) is 12.1. The average molecular weight is 238 g/mol. The molecule has 0 aliphatic carbocycles. The van der Waals surface area contributed by atoms with Crippen molar-refractivity contribution in [1.29, 1.82) is 0 Å². The number of aromatic nitrogens is 1. The summed E-state index contributed by atoms with van der Waals surface area (Å²) in [5, 5.41) is 7.06. The molecule has 1 saturated heterocycles. The van der Waals surface area contributed by atoms with Gasteiger partial charge in [-0.15, -0.1) is 11.3 Å². The number of rotatable bonds is 3. The molecule has 2 heterocycles. The van der Waals surface area contributed by atoms with Crippen LogP contribution in [0.15, 0.2) is 5.38 Å². The number of hydrogen-bond acceptors (Lipinski definition) is 3. The van der Waals surface area contributed by atoms with Crippen LogP contribution in [0.4, 0.5) is 0 Å². The van der Waals surface area contributed by atoms with Crippen LogP contribution in [-0.4, -0.2) is 17.6 Å². The van der Waals surface area contributed by atoms with Gasteiger partial charge in [-0.25, -0.2) is 4.98 Å². The van der Waals surface area contributed by atoms with Crippen molar-refractivity contribution >= 4 is 11.3 Å². The Morgan fingerprint density at radius 1 is 1.50 bits per heavy atom. The molecule has 0 aromatic carbocycles. The molecular weight excluding hydrogens is 216 g/mol. The van der Waals surface area contributed by atoms with Crippen LogP contribution >= 0.6 is 11.3 Å². The lowest BCUT2D eigenvalue weighted by Gasteiger charge is -2.15. The third-order valence-corrected chi connectivity index (χ3v) is 3.80. The van der Waals surface area contributed by atoms with Gasteiger partial charge in [0.15, 0.2) is 0 Å². The van der Waals surface area contributed by atoms with Crippen LogP contribution in [0.25, 0.3) is 0 Å². The summed E-state index contributed by atoms with van der Waals surface area (Å²) >= 11 is 1.82. The number of thiazole rings is 1. The van der Waals surface area contributed by atoms with E-state index in [9.17, 15) is 0 Å². The van der Waals surface area contributed by atoms with E-state index >= 15 is 0 Å². The first-order chi connectivity index (χ1) is 7.53. The molecule has 1 aromatic heterocycles. The third-order valence-electron chi connectivity index (χ3n) is 2.90. The monoisotopic (exact) mass is 238 g/mol. The lowest BCUT2D eigenvalue weighted by molar-refractivity contribution is 0.410. The van der Waals surface area contributed by atoms with Crippen molar-refractivity contribution in [2.45, 2.75) is 52.5 Å². The lowest BCUT2D eigenvalue weighted by atomic mass is 9.93. The molecule has 16 heavy (non-hydrogen) atoms. The molecular formula is C13H22N2S. The van der Waals surface area contributed by atoms with Crippen molar-refractivity contribution in [3.05, 3.63) is 16.1 Å². The minimum atomic E-state index is 0.348. The van der Waals surface area contributed by atoms with E-state index in [1.165, 1.54) is 30.1 Å². The number of nitrogens with zero attached hydrogens (tertiary/aromatic N) is 1. The molecule has 1 aliphatic rings. The van der Waals surface area contributed by atoms with E-state index in [-0.39, 0.29) is 0 Å². The molecule has 1 aromatic rings. The molecule has 0 spiro atoms. The van der Waals surface area contributed by atoms with Crippen molar-refractivity contribution in [1.82, 2.24) is 10.3 Å². The first-order valence-electron chi connectivity index (χ1n) is 6.20. The van der Waals surface area contributed by atoms with Crippen LogP contribution in [0.3, 0.4) is 0 Å². The van der Waals surface area contributed by atoms with Gasteiger partial charge in [-0.3, -0.25) is 0 Å². The summed E-state index contributed by atoms with van der Waals surface area (Å²) in [6.45, 7) is 8.00. The topological polar surface area (TPSA) is 24.9 Å². The number of hydrogen-bond donors (Lipinski definition) is 1. The van der Waals surface area contributed by atoms with Gasteiger partial charge in [0.05, 0.1) is 10.7 Å². The Kier molecular flexibility index (Phi) is 3.65. The second-order valence-electron chi connectivity index (χ2n) is 5.97. The van der Waals surface area contributed by atoms with Crippen LogP contribution in [0, 0.1) is 5.41 Å². The highest BCUT2D eigenvalue weighted by molar-refractivity contribution is 7.09. The highest BCUT2D eigenvalue weighted by atomic mass is 32.1. The van der Waals surface area contributed by atoms with E-state index in [0.717, 1.165) is 12.8 Å². The van der Waals surface area contributed by atoms with E-state index in [1.54, 1.807) is 0 Å². The highest BCUT2D eigenvalue weighted by Crippen LogP contribution is 2.23. The summed E-state index contributed by atoms with van der Waals surface area (Å²) in [6.07, 6.45) is 4.84. The zero-order valence-corrected chi connectivity index (χ0v) is 11.4. The van der Waals surface area contributed by atoms with Gasteiger partial charge in [0.2, 0.25) is 0 Å². The van der Waals surface area contributed by atoms with Gasteiger partial charge in [-0.1, -0.05) is 20.8 Å². The molecule has 1 aliphatic heterocycles. The normalized spacial score (nSPS) is 21.6. The van der Waals surface area contributed by atoms with Gasteiger partial charge in [0.25, 0.3) is 0 Å². The summed E-state index contributed by atoms with van der Waals surface area (Å²) in [6, 6.07) is 0.671. The molecule has 2 nitrogen and oxygen atoms in total. The predicted molar refractivity (Wildman–Crippen MR) is 70.0 cm³/mol. The minimum Gasteiger partial charge on any atom is -0.314 e. The molecule has 1 N–H and O–H groups in total. The van der Waals surface area contributed by atoms with E-state index < -0.39 is 0 Å². The van der Waals surface area contributed by atoms with Gasteiger partial charge < -0.3 is 5.32 Å². The molecule has 3 heteroatoms. The van der Waals surface area contributed by atoms with Gasteiger partial charge in [0.1, 0.15) is 0 Å². The molecule has 0 bridgehead atoms. The van der Waals surface area contributed by atoms with Gasteiger partial charge in [-0.2, -0.15) is 0 Å². The molecule has 1 unspecified atom stereocenters. The Labute approximate surface area is 102 Å². The summed E-state index contributed by atoms with van der Waals surface area (Å²) in [5.74, 6) is 0. The number of nitrogens with one attached hydrogen (secondary N) is 1. The second kappa shape index (κ2) is 4.84. The summed E-state index contributed by atoms with van der Waals surface area (Å²) in [4.78, 5) is 4.74. The average Bonchev–Trinajstić information content (AvgIpc) is 2.75. The molecule has 1 atom stereocenters. The Bertz CT molecular complexity index is 332. The van der Waals surface area contributed by atoms with Crippen molar-refractivity contribution in [2.75, 3.05) is 6.54 Å². The second-order valence-corrected chi connectivity index (χ2v) is 6.91. The largest absolute Gasteiger partial charge is 0.314 e. The predicted octanol–water partition coefficient (Wildman–Crippen LogP) is 3.03. The molecule has 90 valence electrons. The quantitative estimate of drug-likeness (QED) is 0.875. The Balaban J connectivity index is 1.91. The van der Waals surface area contributed by atoms with Gasteiger partial charge in [0, 0.05) is 24.3 Å². The third kappa shape index (κ3) is 3.56. The van der Waals surface area contributed by atoms with Crippen LogP contribution in [0.1, 0.15) is 44.3 Å². The highest BCUT2D eigenvalue weighted by Gasteiger charge is 2.17. The maximum absolute atomic E-state index is 4.74. The minimum absolute atomic E-state index is 0.348. The van der Waals surface area contributed by atoms with E-state index in [2.05, 4.69) is 31.5 Å². The Hall–Kier alpha value is -0.410. The molecule has 0 amide bonds. The Morgan fingerprint density at radius 3 is 2.94 bits per heavy atom. The van der Waals surface area contributed by atoms with Crippen molar-refractivity contribution in [3.8, 4) is 0 Å². The Morgan fingerprint density at radius 2 is 2.31 bits per heavy atom. The van der Waals surface area contributed by atoms with Crippen LogP contribution in [0.5, 0.6) is 0 Å². The van der Waals surface area contributed by atoms with Crippen LogP contribution in [0.2, 0.25) is 0 Å². The summed E-state index contributed by atoms with van der Waals surface area (Å²) in [7, 11) is 0. The zero-order valence-electron chi connectivity index (χ0n) is 10.5. The molecule has 2 rings (SSSR count). The van der Waals surface area contributed by atoms with Gasteiger partial charge >= 0.3 is 0 Å². The standard InChI is InChI=1S/C13H22N2S/c1-13(2,3)8-12-15-11(9-16-12)7-10-5-4-6-14-10/h9-10,14H,4-8H2,1-3H3. The van der Waals surface area contributed by atoms with E-state index in [1.807, 2.05) is 11.3 Å². The molecule has 0 radical (unpaired) electrons. The fraction of sp³-hybridized carbons (Fsp3) is 0.769. The van der Waals surface area contributed by atoms with E-state index in [4.69, 9.17) is 4.98 Å². The van der Waals surface area contributed by atoms with Crippen molar-refractivity contribution < 1.29 is 0 Å². The molecule has 0 saturated carbocycles. The van der Waals surface area contributed by atoms with Crippen molar-refractivity contribution in [2.24, 2.45) is 5.41 Å². The SMILES string of the molecule is CC(C)(C)Cc1nc(CC2CCCN2)cs1. The maximum atomic E-state index is 4.74. The summed E-state index contributed by atoms with van der Waals surface area (Å²) < 4.78 is 0. The fourth-order valence-corrected chi connectivity index (χ4v) is 3.27. The molecule has 1 fully saturated rings.